The van der Waals surface area contributed by atoms with Crippen molar-refractivity contribution in [3.05, 3.63) is 0 Å². The Bertz CT molecular complexity index is 328. The van der Waals surface area contributed by atoms with Gasteiger partial charge in [-0.3, -0.25) is 4.79 Å². The van der Waals surface area contributed by atoms with E-state index in [0.29, 0.717) is 12.4 Å². The fourth-order valence-corrected chi connectivity index (χ4v) is 3.84. The van der Waals surface area contributed by atoms with Gasteiger partial charge in [-0.2, -0.15) is 0 Å². The molecule has 6 heteroatoms. The third-order valence-corrected chi connectivity index (χ3v) is 4.89. The fraction of sp³-hybridized carbons (Fsp3) is 0.917. The largest absolute Gasteiger partial charge is 0.480 e. The van der Waals surface area contributed by atoms with Crippen molar-refractivity contribution in [2.75, 3.05) is 13.6 Å². The molecule has 0 aromatic carbocycles. The zero-order valence-corrected chi connectivity index (χ0v) is 10.9. The molecule has 0 bridgehead atoms. The minimum absolute atomic E-state index is 0.0210. The Labute approximate surface area is 109 Å². The SMILES string of the molecule is CN1CCC2C1C[C@@H](CCC[B]O)C2(N)C(=O)O. The van der Waals surface area contributed by atoms with Crippen LogP contribution in [0, 0.1) is 11.8 Å². The summed E-state index contributed by atoms with van der Waals surface area (Å²) in [4.78, 5) is 13.9. The molecule has 1 aliphatic carbocycles. The Morgan fingerprint density at radius 3 is 2.94 bits per heavy atom. The Morgan fingerprint density at radius 2 is 2.33 bits per heavy atom. The summed E-state index contributed by atoms with van der Waals surface area (Å²) in [6, 6.07) is 0.314. The van der Waals surface area contributed by atoms with Gasteiger partial charge in [0.15, 0.2) is 0 Å². The number of aliphatic carboxylic acids is 1. The molecule has 1 saturated heterocycles. The van der Waals surface area contributed by atoms with E-state index in [-0.39, 0.29) is 11.8 Å². The van der Waals surface area contributed by atoms with Crippen LogP contribution in [-0.2, 0) is 4.79 Å². The van der Waals surface area contributed by atoms with Crippen LogP contribution in [0.2, 0.25) is 6.32 Å². The normalized spacial score (nSPS) is 39.8. The maximum Gasteiger partial charge on any atom is 0.324 e. The first-order valence-corrected chi connectivity index (χ1v) is 6.70. The predicted molar refractivity (Wildman–Crippen MR) is 69.2 cm³/mol. The van der Waals surface area contributed by atoms with Crippen molar-refractivity contribution >= 4 is 13.5 Å². The second-order valence-corrected chi connectivity index (χ2v) is 5.73. The first-order chi connectivity index (χ1) is 8.51. The number of carboxylic acid groups (broad SMARTS) is 1. The smallest absolute Gasteiger partial charge is 0.324 e. The lowest BCUT2D eigenvalue weighted by Gasteiger charge is -2.31. The molecule has 101 valence electrons. The van der Waals surface area contributed by atoms with Crippen LogP contribution >= 0.6 is 0 Å². The van der Waals surface area contributed by atoms with E-state index in [1.54, 1.807) is 0 Å². The number of carbonyl (C=O) groups is 1. The second-order valence-electron chi connectivity index (χ2n) is 5.73. The van der Waals surface area contributed by atoms with Gasteiger partial charge in [-0.15, -0.1) is 0 Å². The van der Waals surface area contributed by atoms with E-state index in [4.69, 9.17) is 10.8 Å². The average molecular weight is 253 g/mol. The van der Waals surface area contributed by atoms with E-state index >= 15 is 0 Å². The summed E-state index contributed by atoms with van der Waals surface area (Å²) >= 11 is 0. The lowest BCUT2D eigenvalue weighted by atomic mass is 9.77. The summed E-state index contributed by atoms with van der Waals surface area (Å²) in [5.41, 5.74) is 5.20. The van der Waals surface area contributed by atoms with Gasteiger partial charge in [0.25, 0.3) is 7.48 Å². The number of likely N-dealkylation sites (tertiary alicyclic amines) is 1. The number of rotatable bonds is 5. The monoisotopic (exact) mass is 253 g/mol. The van der Waals surface area contributed by atoms with Crippen molar-refractivity contribution in [2.45, 2.75) is 43.6 Å². The Kier molecular flexibility index (Phi) is 3.99. The molecular weight excluding hydrogens is 231 g/mol. The van der Waals surface area contributed by atoms with Gasteiger partial charge in [-0.05, 0) is 38.8 Å². The number of fused-ring (bicyclic) bond motifs is 1. The van der Waals surface area contributed by atoms with E-state index in [1.165, 1.54) is 0 Å². The summed E-state index contributed by atoms with van der Waals surface area (Å²) in [6.45, 7) is 0.943. The highest BCUT2D eigenvalue weighted by Crippen LogP contribution is 2.48. The molecule has 1 aliphatic heterocycles. The predicted octanol–water partition coefficient (Wildman–Crippen LogP) is -0.0813. The van der Waals surface area contributed by atoms with E-state index in [1.807, 2.05) is 0 Å². The molecule has 4 atom stereocenters. The third kappa shape index (κ3) is 2.06. The highest BCUT2D eigenvalue weighted by atomic mass is 16.4. The van der Waals surface area contributed by atoms with Crippen LogP contribution in [0.3, 0.4) is 0 Å². The molecule has 1 heterocycles. The molecule has 2 aliphatic rings. The van der Waals surface area contributed by atoms with Crippen molar-refractivity contribution in [1.29, 1.82) is 0 Å². The van der Waals surface area contributed by atoms with Crippen LogP contribution in [0.5, 0.6) is 0 Å². The number of hydrogen-bond donors (Lipinski definition) is 3. The zero-order valence-electron chi connectivity index (χ0n) is 10.9. The Hall–Kier alpha value is -0.585. The number of carboxylic acids is 1. The number of hydrogen-bond acceptors (Lipinski definition) is 4. The van der Waals surface area contributed by atoms with Gasteiger partial charge in [0.1, 0.15) is 5.54 Å². The summed E-state index contributed by atoms with van der Waals surface area (Å²) < 4.78 is 0. The summed E-state index contributed by atoms with van der Waals surface area (Å²) in [5.74, 6) is -0.765. The minimum atomic E-state index is -1.08. The van der Waals surface area contributed by atoms with Gasteiger partial charge in [-0.25, -0.2) is 0 Å². The van der Waals surface area contributed by atoms with E-state index < -0.39 is 11.5 Å². The highest BCUT2D eigenvalue weighted by Gasteiger charge is 2.59. The van der Waals surface area contributed by atoms with Crippen LogP contribution < -0.4 is 5.73 Å². The van der Waals surface area contributed by atoms with Crippen LogP contribution in [-0.4, -0.2) is 53.7 Å². The molecule has 4 N–H and O–H groups in total. The minimum Gasteiger partial charge on any atom is -0.480 e. The molecule has 2 rings (SSSR count). The Balaban J connectivity index is 2.12. The number of nitrogens with two attached hydrogens (primary N) is 1. The van der Waals surface area contributed by atoms with E-state index in [0.717, 1.165) is 39.7 Å². The maximum absolute atomic E-state index is 11.6. The molecule has 1 radical (unpaired) electrons. The van der Waals surface area contributed by atoms with Crippen molar-refractivity contribution in [2.24, 2.45) is 17.6 Å². The average Bonchev–Trinajstić information content (AvgIpc) is 2.81. The molecule has 0 amide bonds. The standard InChI is InChI=1S/C12H22BN2O3/c1-15-6-4-9-10(15)7-8(3-2-5-13-18)12(9,14)11(16)17/h8-10,18H,2-7,14H2,1H3,(H,16,17)/t8-,9?,10?,12?/m1/s1. The van der Waals surface area contributed by atoms with Crippen molar-refractivity contribution in [1.82, 2.24) is 4.90 Å². The number of nitrogens with zero attached hydrogens (tertiary/aromatic N) is 1. The fourth-order valence-electron chi connectivity index (χ4n) is 3.84. The molecule has 3 unspecified atom stereocenters. The van der Waals surface area contributed by atoms with Gasteiger partial charge in [0, 0.05) is 12.0 Å². The van der Waals surface area contributed by atoms with Crippen molar-refractivity contribution < 1.29 is 14.9 Å². The van der Waals surface area contributed by atoms with Gasteiger partial charge in [-0.1, -0.05) is 12.7 Å². The van der Waals surface area contributed by atoms with Gasteiger partial charge in [0.05, 0.1) is 0 Å². The molecular formula is C12H22BN2O3. The molecule has 1 saturated carbocycles. The van der Waals surface area contributed by atoms with Crippen LogP contribution in [0.15, 0.2) is 0 Å². The zero-order chi connectivity index (χ0) is 13.3. The second kappa shape index (κ2) is 5.19. The van der Waals surface area contributed by atoms with Crippen LogP contribution in [0.4, 0.5) is 0 Å². The third-order valence-electron chi connectivity index (χ3n) is 4.89. The first-order valence-electron chi connectivity index (χ1n) is 6.70. The molecule has 18 heavy (non-hydrogen) atoms. The van der Waals surface area contributed by atoms with Crippen LogP contribution in [0.25, 0.3) is 0 Å². The van der Waals surface area contributed by atoms with Crippen LogP contribution in [0.1, 0.15) is 25.7 Å². The summed E-state index contributed by atoms with van der Waals surface area (Å²) in [6.07, 6.45) is 3.94. The maximum atomic E-state index is 11.6. The molecule has 5 nitrogen and oxygen atoms in total. The molecule has 2 fully saturated rings. The highest BCUT2D eigenvalue weighted by molar-refractivity contribution is 6.25. The molecule has 0 spiro atoms. The van der Waals surface area contributed by atoms with Crippen molar-refractivity contribution in [3.63, 3.8) is 0 Å². The molecule has 0 aromatic heterocycles. The summed E-state index contributed by atoms with van der Waals surface area (Å²) in [7, 11) is 3.19. The van der Waals surface area contributed by atoms with Crippen molar-refractivity contribution in [3.8, 4) is 0 Å². The quantitative estimate of drug-likeness (QED) is 0.471. The first kappa shape index (κ1) is 13.8. The topological polar surface area (TPSA) is 86.8 Å². The Morgan fingerprint density at radius 1 is 1.61 bits per heavy atom. The molecule has 0 aromatic rings. The lowest BCUT2D eigenvalue weighted by Crippen LogP contribution is -2.56. The van der Waals surface area contributed by atoms with E-state index in [2.05, 4.69) is 11.9 Å². The lowest BCUT2D eigenvalue weighted by molar-refractivity contribution is -0.146. The summed E-state index contributed by atoms with van der Waals surface area (Å²) in [5, 5.41) is 18.2. The van der Waals surface area contributed by atoms with E-state index in [9.17, 15) is 9.90 Å². The van der Waals surface area contributed by atoms with Gasteiger partial charge < -0.3 is 20.8 Å². The van der Waals surface area contributed by atoms with Gasteiger partial charge in [0.2, 0.25) is 0 Å². The van der Waals surface area contributed by atoms with Gasteiger partial charge >= 0.3 is 5.97 Å².